The van der Waals surface area contributed by atoms with E-state index in [2.05, 4.69) is 32.9 Å². The maximum atomic E-state index is 13.3. The van der Waals surface area contributed by atoms with Crippen LogP contribution in [0.4, 0.5) is 10.5 Å². The first-order valence-electron chi connectivity index (χ1n) is 12.5. The third-order valence-corrected chi connectivity index (χ3v) is 5.95. The van der Waals surface area contributed by atoms with E-state index in [-0.39, 0.29) is 17.3 Å². The van der Waals surface area contributed by atoms with Gasteiger partial charge in [0.25, 0.3) is 5.91 Å². The van der Waals surface area contributed by atoms with Crippen LogP contribution in [0.3, 0.4) is 0 Å². The van der Waals surface area contributed by atoms with Gasteiger partial charge in [-0.05, 0) is 40.5 Å². The van der Waals surface area contributed by atoms with Gasteiger partial charge in [-0.3, -0.25) is 4.79 Å². The van der Waals surface area contributed by atoms with Crippen molar-refractivity contribution in [3.63, 3.8) is 0 Å². The van der Waals surface area contributed by atoms with E-state index in [4.69, 9.17) is 10.5 Å². The Bertz CT molecular complexity index is 1420. The molecule has 0 aliphatic heterocycles. The number of nitrogens with two attached hydrogens (primary N) is 1. The summed E-state index contributed by atoms with van der Waals surface area (Å²) in [5.74, 6) is -1.00. The SMILES string of the molecule is CCCCN(Cc1ccc(-c2ccccc2-c2nn[nH]n2)cc1)C(=O)Nc1ccccc1C(=O)OCC(N)=O. The van der Waals surface area contributed by atoms with Gasteiger partial charge >= 0.3 is 12.0 Å². The topological polar surface area (TPSA) is 156 Å². The number of aromatic nitrogens is 4. The molecule has 11 nitrogen and oxygen atoms in total. The zero-order valence-electron chi connectivity index (χ0n) is 21.5. The Hall–Kier alpha value is -5.06. The summed E-state index contributed by atoms with van der Waals surface area (Å²) >= 11 is 0. The van der Waals surface area contributed by atoms with Crippen LogP contribution >= 0.6 is 0 Å². The van der Waals surface area contributed by atoms with Crippen molar-refractivity contribution in [3.05, 3.63) is 83.9 Å². The number of benzene rings is 3. The first kappa shape index (κ1) is 27.0. The van der Waals surface area contributed by atoms with Crippen LogP contribution in [0.15, 0.2) is 72.8 Å². The second-order valence-electron chi connectivity index (χ2n) is 8.77. The van der Waals surface area contributed by atoms with Crippen LogP contribution in [0.1, 0.15) is 35.7 Å². The predicted molar refractivity (Wildman–Crippen MR) is 145 cm³/mol. The molecule has 0 radical (unpaired) electrons. The van der Waals surface area contributed by atoms with Gasteiger partial charge in [-0.2, -0.15) is 5.21 Å². The zero-order chi connectivity index (χ0) is 27.6. The number of ether oxygens (including phenoxy) is 1. The number of carbonyl (C=O) groups is 3. The smallest absolute Gasteiger partial charge is 0.340 e. The van der Waals surface area contributed by atoms with Crippen molar-refractivity contribution >= 4 is 23.6 Å². The van der Waals surface area contributed by atoms with E-state index in [0.717, 1.165) is 35.1 Å². The van der Waals surface area contributed by atoms with Gasteiger partial charge in [-0.1, -0.05) is 74.0 Å². The lowest BCUT2D eigenvalue weighted by atomic mass is 9.98. The van der Waals surface area contributed by atoms with E-state index in [1.54, 1.807) is 23.1 Å². The molecule has 0 fully saturated rings. The lowest BCUT2D eigenvalue weighted by molar-refractivity contribution is -0.121. The summed E-state index contributed by atoms with van der Waals surface area (Å²) in [6.45, 7) is 2.40. The molecule has 0 bridgehead atoms. The highest BCUT2D eigenvalue weighted by molar-refractivity contribution is 6.01. The van der Waals surface area contributed by atoms with E-state index in [1.807, 2.05) is 48.5 Å². The molecule has 4 N–H and O–H groups in total. The van der Waals surface area contributed by atoms with Crippen molar-refractivity contribution in [2.45, 2.75) is 26.3 Å². The summed E-state index contributed by atoms with van der Waals surface area (Å²) in [6.07, 6.45) is 1.72. The summed E-state index contributed by atoms with van der Waals surface area (Å²) in [4.78, 5) is 38.4. The standard InChI is InChI=1S/C28H29N7O4/c1-2-3-16-35(28(38)30-24-11-7-6-10-23(24)27(37)39-18-25(29)36)17-19-12-14-20(15-13-19)21-8-4-5-9-22(21)26-31-33-34-32-26/h4-15H,2-3,16-18H2,1H3,(H2,29,36)(H,30,38)(H,31,32,33,34). The number of hydrogen-bond acceptors (Lipinski definition) is 7. The van der Waals surface area contributed by atoms with E-state index in [9.17, 15) is 14.4 Å². The molecule has 0 spiro atoms. The van der Waals surface area contributed by atoms with Gasteiger partial charge in [0, 0.05) is 18.7 Å². The minimum absolute atomic E-state index is 0.132. The molecular weight excluding hydrogens is 498 g/mol. The molecule has 39 heavy (non-hydrogen) atoms. The Morgan fingerprint density at radius 2 is 1.69 bits per heavy atom. The van der Waals surface area contributed by atoms with E-state index < -0.39 is 18.5 Å². The number of nitrogens with one attached hydrogen (secondary N) is 2. The van der Waals surface area contributed by atoms with Crippen molar-refractivity contribution in [1.29, 1.82) is 0 Å². The molecule has 4 rings (SSSR count). The largest absolute Gasteiger partial charge is 0.452 e. The highest BCUT2D eigenvalue weighted by Crippen LogP contribution is 2.30. The van der Waals surface area contributed by atoms with Gasteiger partial charge in [0.05, 0.1) is 11.3 Å². The first-order chi connectivity index (χ1) is 19.0. The van der Waals surface area contributed by atoms with E-state index in [0.29, 0.717) is 18.9 Å². The number of H-pyrrole nitrogens is 1. The van der Waals surface area contributed by atoms with Gasteiger partial charge in [-0.15, -0.1) is 10.2 Å². The van der Waals surface area contributed by atoms with Crippen molar-refractivity contribution < 1.29 is 19.1 Å². The molecule has 200 valence electrons. The summed E-state index contributed by atoms with van der Waals surface area (Å²) in [5.41, 5.74) is 9.22. The molecule has 3 amide bonds. The molecule has 11 heteroatoms. The number of amides is 3. The van der Waals surface area contributed by atoms with Gasteiger partial charge in [-0.25, -0.2) is 9.59 Å². The Morgan fingerprint density at radius 3 is 2.38 bits per heavy atom. The highest BCUT2D eigenvalue weighted by Gasteiger charge is 2.19. The fourth-order valence-corrected chi connectivity index (χ4v) is 4.00. The number of anilines is 1. The normalized spacial score (nSPS) is 10.6. The third kappa shape index (κ3) is 7.04. The Morgan fingerprint density at radius 1 is 0.974 bits per heavy atom. The number of nitrogens with zero attached hydrogens (tertiary/aromatic N) is 4. The van der Waals surface area contributed by atoms with Gasteiger partial charge in [0.15, 0.2) is 6.61 Å². The summed E-state index contributed by atoms with van der Waals surface area (Å²) in [5, 5.41) is 17.2. The summed E-state index contributed by atoms with van der Waals surface area (Å²) < 4.78 is 4.92. The van der Waals surface area contributed by atoms with Crippen molar-refractivity contribution in [1.82, 2.24) is 25.5 Å². The maximum Gasteiger partial charge on any atom is 0.340 e. The summed E-state index contributed by atoms with van der Waals surface area (Å²) in [7, 11) is 0. The highest BCUT2D eigenvalue weighted by atomic mass is 16.5. The van der Waals surface area contributed by atoms with Gasteiger partial charge < -0.3 is 20.7 Å². The monoisotopic (exact) mass is 527 g/mol. The Kier molecular flexibility index (Phi) is 8.96. The third-order valence-electron chi connectivity index (χ3n) is 5.95. The van der Waals surface area contributed by atoms with Crippen molar-refractivity contribution in [2.24, 2.45) is 5.73 Å². The molecule has 0 saturated carbocycles. The fourth-order valence-electron chi connectivity index (χ4n) is 4.00. The van der Waals surface area contributed by atoms with Gasteiger partial charge in [0.1, 0.15) is 0 Å². The number of esters is 1. The molecular formula is C28H29N7O4. The molecule has 0 atom stereocenters. The summed E-state index contributed by atoms with van der Waals surface area (Å²) in [6, 6.07) is 21.8. The molecule has 0 saturated heterocycles. The van der Waals surface area contributed by atoms with Crippen LogP contribution in [-0.2, 0) is 16.1 Å². The van der Waals surface area contributed by atoms with Crippen LogP contribution in [0.25, 0.3) is 22.5 Å². The number of tetrazole rings is 1. The molecule has 0 aliphatic rings. The molecule has 4 aromatic rings. The molecule has 1 heterocycles. The lowest BCUT2D eigenvalue weighted by Gasteiger charge is -2.24. The van der Waals surface area contributed by atoms with Crippen LogP contribution < -0.4 is 11.1 Å². The number of carbonyl (C=O) groups excluding carboxylic acids is 3. The minimum atomic E-state index is -0.764. The number of aromatic amines is 1. The average Bonchev–Trinajstić information content (AvgIpc) is 3.49. The first-order valence-corrected chi connectivity index (χ1v) is 12.5. The second kappa shape index (κ2) is 13.0. The predicted octanol–water partition coefficient (Wildman–Crippen LogP) is 4.01. The minimum Gasteiger partial charge on any atom is -0.452 e. The van der Waals surface area contributed by atoms with Gasteiger partial charge in [0.2, 0.25) is 5.82 Å². The number of urea groups is 1. The van der Waals surface area contributed by atoms with Crippen LogP contribution in [0, 0.1) is 0 Å². The van der Waals surface area contributed by atoms with Crippen LogP contribution in [0.2, 0.25) is 0 Å². The van der Waals surface area contributed by atoms with Crippen molar-refractivity contribution in [3.8, 4) is 22.5 Å². The molecule has 0 aliphatic carbocycles. The number of rotatable bonds is 11. The lowest BCUT2D eigenvalue weighted by Crippen LogP contribution is -2.35. The maximum absolute atomic E-state index is 13.3. The molecule has 1 aromatic heterocycles. The molecule has 3 aromatic carbocycles. The Labute approximate surface area is 225 Å². The average molecular weight is 528 g/mol. The second-order valence-corrected chi connectivity index (χ2v) is 8.77. The van der Waals surface area contributed by atoms with Crippen LogP contribution in [0.5, 0.6) is 0 Å². The van der Waals surface area contributed by atoms with Crippen molar-refractivity contribution in [2.75, 3.05) is 18.5 Å². The van der Waals surface area contributed by atoms with Crippen LogP contribution in [-0.4, -0.2) is 56.6 Å². The number of unbranched alkanes of at least 4 members (excludes halogenated alkanes) is 1. The van der Waals surface area contributed by atoms with E-state index >= 15 is 0 Å². The fraction of sp³-hybridized carbons (Fsp3) is 0.214. The Balaban J connectivity index is 1.50. The number of para-hydroxylation sites is 1. The number of primary amides is 1. The quantitative estimate of drug-likeness (QED) is 0.249. The zero-order valence-corrected chi connectivity index (χ0v) is 21.5. The number of hydrogen-bond donors (Lipinski definition) is 3. The molecule has 0 unspecified atom stereocenters. The van der Waals surface area contributed by atoms with E-state index in [1.165, 1.54) is 6.07 Å².